The van der Waals surface area contributed by atoms with Crippen molar-refractivity contribution < 1.29 is 9.59 Å². The van der Waals surface area contributed by atoms with E-state index in [-0.39, 0.29) is 24.2 Å². The number of nitrogen functional groups attached to an aromatic ring is 1. The van der Waals surface area contributed by atoms with Gasteiger partial charge < -0.3 is 10.6 Å². The molecule has 0 radical (unpaired) electrons. The summed E-state index contributed by atoms with van der Waals surface area (Å²) in [4.78, 5) is 44.8. The van der Waals surface area contributed by atoms with Gasteiger partial charge in [0.05, 0.1) is 12.5 Å². The summed E-state index contributed by atoms with van der Waals surface area (Å²) >= 11 is 0. The van der Waals surface area contributed by atoms with Gasteiger partial charge in [-0.15, -0.1) is 0 Å². The minimum Gasteiger partial charge on any atom is -0.382 e. The number of carbonyl (C=O) groups excluding carboxylic acids is 2. The van der Waals surface area contributed by atoms with E-state index < -0.39 is 0 Å². The van der Waals surface area contributed by atoms with Gasteiger partial charge in [-0.2, -0.15) is 0 Å². The molecule has 1 saturated heterocycles. The summed E-state index contributed by atoms with van der Waals surface area (Å²) in [6.45, 7) is 1.52. The number of nitrogens with two attached hydrogens (primary N) is 1. The average Bonchev–Trinajstić information content (AvgIpc) is 3.50. The molecule has 0 bridgehead atoms. The van der Waals surface area contributed by atoms with Gasteiger partial charge in [-0.05, 0) is 56.7 Å². The normalized spacial score (nSPS) is 21.7. The molecule has 4 aromatic rings. The third kappa shape index (κ3) is 5.33. The van der Waals surface area contributed by atoms with Crippen LogP contribution in [0, 0.1) is 11.8 Å². The fraction of sp³-hybridized carbons (Fsp3) is 0.382. The molecule has 2 N–H and O–H groups in total. The summed E-state index contributed by atoms with van der Waals surface area (Å²) in [7, 11) is 2.12. The standard InChI is InChI=1S/C34H37N7O2/c1-39(26-14-15-26)18-5-9-29(43)41-21-24-6-4-8-27(24)31(41)34-38-30(32-33(35)37-17-19-40(32)34)23-12-10-22(11-13-23)28(42)20-25-7-2-3-16-36-25/h2-3,5,7,9-13,16-17,19,24,26-27,31H,4,6,8,14-15,18,20-21H2,1H3,(H2,35,37)/b9-5+/t24?,27?,31-/m0/s1. The third-order valence-electron chi connectivity index (χ3n) is 9.42. The molecule has 2 aliphatic carbocycles. The predicted molar refractivity (Wildman–Crippen MR) is 165 cm³/mol. The lowest BCUT2D eigenvalue weighted by Gasteiger charge is -2.26. The Morgan fingerprint density at radius 2 is 1.88 bits per heavy atom. The Hall–Kier alpha value is -4.37. The maximum absolute atomic E-state index is 13.6. The number of rotatable bonds is 9. The van der Waals surface area contributed by atoms with E-state index in [2.05, 4.69) is 21.9 Å². The molecule has 3 atom stereocenters. The molecule has 4 heterocycles. The topological polar surface area (TPSA) is 110 Å². The highest BCUT2D eigenvalue weighted by atomic mass is 16.2. The predicted octanol–water partition coefficient (Wildman–Crippen LogP) is 4.75. The lowest BCUT2D eigenvalue weighted by molar-refractivity contribution is -0.127. The van der Waals surface area contributed by atoms with Crippen molar-refractivity contribution in [3.63, 3.8) is 0 Å². The number of likely N-dealkylation sites (tertiary alicyclic amines) is 1. The van der Waals surface area contributed by atoms with Crippen LogP contribution in [0.5, 0.6) is 0 Å². The number of pyridine rings is 1. The quantitative estimate of drug-likeness (QED) is 0.227. The van der Waals surface area contributed by atoms with E-state index in [0.717, 1.165) is 48.5 Å². The molecule has 220 valence electrons. The van der Waals surface area contributed by atoms with Crippen LogP contribution < -0.4 is 5.73 Å². The van der Waals surface area contributed by atoms with Crippen molar-refractivity contribution in [3.05, 3.63) is 90.3 Å². The van der Waals surface area contributed by atoms with Gasteiger partial charge >= 0.3 is 0 Å². The number of imidazole rings is 1. The van der Waals surface area contributed by atoms with Crippen LogP contribution in [0.3, 0.4) is 0 Å². The Bertz CT molecular complexity index is 1680. The maximum atomic E-state index is 13.6. The van der Waals surface area contributed by atoms with E-state index in [1.54, 1.807) is 18.5 Å². The second-order valence-electron chi connectivity index (χ2n) is 12.2. The SMILES string of the molecule is CN(C/C=C/C(=O)N1CC2CCCC2[C@H]1c1nc(-c2ccc(C(=O)Cc3ccccn3)cc2)c2c(N)nccn12)C1CC1. The molecule has 3 aliphatic rings. The zero-order chi connectivity index (χ0) is 29.5. The second-order valence-corrected chi connectivity index (χ2v) is 12.2. The molecule has 2 unspecified atom stereocenters. The van der Waals surface area contributed by atoms with Crippen LogP contribution in [0.15, 0.2) is 73.2 Å². The number of nitrogens with zero attached hydrogens (tertiary/aromatic N) is 6. The van der Waals surface area contributed by atoms with Crippen molar-refractivity contribution in [3.8, 4) is 11.3 Å². The number of fused-ring (bicyclic) bond motifs is 2. The summed E-state index contributed by atoms with van der Waals surface area (Å²) in [5, 5.41) is 0. The van der Waals surface area contributed by atoms with Crippen molar-refractivity contribution in [2.45, 2.75) is 50.6 Å². The fourth-order valence-corrected chi connectivity index (χ4v) is 7.02. The highest BCUT2D eigenvalue weighted by molar-refractivity contribution is 5.98. The van der Waals surface area contributed by atoms with Crippen LogP contribution in [0.4, 0.5) is 5.82 Å². The van der Waals surface area contributed by atoms with Crippen LogP contribution in [0.25, 0.3) is 16.8 Å². The van der Waals surface area contributed by atoms with Gasteiger partial charge in [0.15, 0.2) is 5.78 Å². The van der Waals surface area contributed by atoms with Gasteiger partial charge in [0.25, 0.3) is 0 Å². The Morgan fingerprint density at radius 3 is 2.65 bits per heavy atom. The molecule has 9 nitrogen and oxygen atoms in total. The van der Waals surface area contributed by atoms with E-state index in [4.69, 9.17) is 10.7 Å². The molecule has 1 aromatic carbocycles. The zero-order valence-electron chi connectivity index (χ0n) is 24.5. The second kappa shape index (κ2) is 11.4. The zero-order valence-corrected chi connectivity index (χ0v) is 24.5. The first-order chi connectivity index (χ1) is 21.0. The Labute approximate surface area is 251 Å². The number of anilines is 1. The van der Waals surface area contributed by atoms with Gasteiger partial charge in [0, 0.05) is 60.6 Å². The van der Waals surface area contributed by atoms with E-state index in [1.807, 2.05) is 64.0 Å². The number of ketones is 1. The van der Waals surface area contributed by atoms with Gasteiger partial charge in [0.2, 0.25) is 5.91 Å². The number of benzene rings is 1. The number of carbonyl (C=O) groups is 2. The van der Waals surface area contributed by atoms with E-state index in [9.17, 15) is 9.59 Å². The number of hydrogen-bond donors (Lipinski definition) is 1. The minimum absolute atomic E-state index is 0.00517. The lowest BCUT2D eigenvalue weighted by atomic mass is 9.93. The summed E-state index contributed by atoms with van der Waals surface area (Å²) in [6, 6.07) is 13.6. The first kappa shape index (κ1) is 27.5. The van der Waals surface area contributed by atoms with E-state index in [0.29, 0.717) is 35.0 Å². The van der Waals surface area contributed by atoms with Gasteiger partial charge in [-0.1, -0.05) is 42.8 Å². The molecule has 2 saturated carbocycles. The van der Waals surface area contributed by atoms with Crippen molar-refractivity contribution in [2.75, 3.05) is 25.9 Å². The summed E-state index contributed by atoms with van der Waals surface area (Å²) < 4.78 is 2.02. The van der Waals surface area contributed by atoms with Crippen molar-refractivity contribution in [2.24, 2.45) is 11.8 Å². The Kier molecular flexibility index (Phi) is 7.26. The van der Waals surface area contributed by atoms with Gasteiger partial charge in [-0.25, -0.2) is 9.97 Å². The Balaban J connectivity index is 1.21. The largest absolute Gasteiger partial charge is 0.382 e. The maximum Gasteiger partial charge on any atom is 0.246 e. The molecule has 43 heavy (non-hydrogen) atoms. The van der Waals surface area contributed by atoms with Crippen LogP contribution in [0.2, 0.25) is 0 Å². The van der Waals surface area contributed by atoms with Gasteiger partial charge in [0.1, 0.15) is 22.9 Å². The molecular formula is C34H37N7O2. The lowest BCUT2D eigenvalue weighted by Crippen LogP contribution is -2.32. The van der Waals surface area contributed by atoms with E-state index >= 15 is 0 Å². The fourth-order valence-electron chi connectivity index (χ4n) is 7.02. The smallest absolute Gasteiger partial charge is 0.246 e. The monoisotopic (exact) mass is 575 g/mol. The summed E-state index contributed by atoms with van der Waals surface area (Å²) in [6.07, 6.45) is 15.1. The summed E-state index contributed by atoms with van der Waals surface area (Å²) in [5.74, 6) is 2.07. The van der Waals surface area contributed by atoms with Crippen LogP contribution in [0.1, 0.15) is 60.0 Å². The van der Waals surface area contributed by atoms with Crippen LogP contribution in [-0.4, -0.2) is 67.0 Å². The Morgan fingerprint density at radius 1 is 1.05 bits per heavy atom. The third-order valence-corrected chi connectivity index (χ3v) is 9.42. The molecular weight excluding hydrogens is 538 g/mol. The van der Waals surface area contributed by atoms with Crippen molar-refractivity contribution in [1.29, 1.82) is 0 Å². The highest BCUT2D eigenvalue weighted by Gasteiger charge is 2.48. The first-order valence-electron chi connectivity index (χ1n) is 15.3. The van der Waals surface area contributed by atoms with Crippen LogP contribution >= 0.6 is 0 Å². The minimum atomic E-state index is -0.145. The van der Waals surface area contributed by atoms with Gasteiger partial charge in [-0.3, -0.25) is 23.9 Å². The molecule has 0 spiro atoms. The number of hydrogen-bond acceptors (Lipinski definition) is 7. The number of Topliss-reactive ketones (excluding diaryl/α,β-unsaturated/α-hetero) is 1. The average molecular weight is 576 g/mol. The molecule has 7 rings (SSSR count). The molecule has 1 aliphatic heterocycles. The first-order valence-corrected chi connectivity index (χ1v) is 15.3. The highest BCUT2D eigenvalue weighted by Crippen LogP contribution is 2.50. The van der Waals surface area contributed by atoms with Crippen molar-refractivity contribution in [1.82, 2.24) is 29.2 Å². The number of amides is 1. The molecule has 3 aromatic heterocycles. The van der Waals surface area contributed by atoms with Crippen molar-refractivity contribution >= 4 is 23.0 Å². The summed E-state index contributed by atoms with van der Waals surface area (Å²) in [5.41, 5.74) is 10.1. The molecule has 3 fully saturated rings. The van der Waals surface area contributed by atoms with Crippen LogP contribution in [-0.2, 0) is 11.2 Å². The molecule has 1 amide bonds. The number of likely N-dealkylation sites (N-methyl/N-ethyl adjacent to an activating group) is 1. The number of aromatic nitrogens is 4. The van der Waals surface area contributed by atoms with E-state index in [1.165, 1.54) is 19.3 Å². The molecule has 9 heteroatoms.